The molecular weight excluding hydrogens is 318 g/mol. The first kappa shape index (κ1) is 14.8. The van der Waals surface area contributed by atoms with Crippen LogP contribution in [-0.4, -0.2) is 36.1 Å². The van der Waals surface area contributed by atoms with Crippen molar-refractivity contribution >= 4 is 11.6 Å². The van der Waals surface area contributed by atoms with Crippen LogP contribution in [0.3, 0.4) is 0 Å². The summed E-state index contributed by atoms with van der Waals surface area (Å²) in [4.78, 5) is 16.4. The Labute approximate surface area is 142 Å². The van der Waals surface area contributed by atoms with Crippen LogP contribution in [-0.2, 0) is 0 Å². The van der Waals surface area contributed by atoms with Crippen molar-refractivity contribution in [3.05, 3.63) is 72.9 Å². The van der Waals surface area contributed by atoms with Gasteiger partial charge in [-0.25, -0.2) is 9.67 Å². The highest BCUT2D eigenvalue weighted by atomic mass is 16.2. The Hall–Kier alpha value is -3.81. The molecule has 0 radical (unpaired) electrons. The fourth-order valence-electron chi connectivity index (χ4n) is 2.42. The van der Waals surface area contributed by atoms with E-state index in [1.165, 1.54) is 6.33 Å². The average Bonchev–Trinajstić information content (AvgIpc) is 3.35. The van der Waals surface area contributed by atoms with Crippen molar-refractivity contribution in [2.45, 2.75) is 0 Å². The Bertz CT molecular complexity index is 976. The van der Waals surface area contributed by atoms with Crippen molar-refractivity contribution in [1.29, 1.82) is 0 Å². The summed E-state index contributed by atoms with van der Waals surface area (Å²) in [6.07, 6.45) is 3.07. The molecule has 2 aromatic heterocycles. The lowest BCUT2D eigenvalue weighted by atomic mass is 10.1. The van der Waals surface area contributed by atoms with Gasteiger partial charge in [-0.1, -0.05) is 30.3 Å². The molecule has 2 aromatic carbocycles. The van der Waals surface area contributed by atoms with Gasteiger partial charge in [-0.2, -0.15) is 20.5 Å². The van der Waals surface area contributed by atoms with Crippen molar-refractivity contribution in [3.63, 3.8) is 0 Å². The number of rotatable bonds is 4. The van der Waals surface area contributed by atoms with Gasteiger partial charge in [0.2, 0.25) is 0 Å². The molecule has 0 fully saturated rings. The largest absolute Gasteiger partial charge is 0.321 e. The normalized spacial score (nSPS) is 10.6. The quantitative estimate of drug-likeness (QED) is 0.597. The average molecular weight is 331 g/mol. The minimum atomic E-state index is -0.332. The molecule has 0 saturated carbocycles. The molecule has 0 aliphatic carbocycles. The molecule has 0 saturated heterocycles. The molecule has 0 unspecified atom stereocenters. The number of aromatic nitrogens is 6. The lowest BCUT2D eigenvalue weighted by Gasteiger charge is -2.06. The smallest absolute Gasteiger partial charge is 0.278 e. The minimum Gasteiger partial charge on any atom is -0.321 e. The second-order valence-electron chi connectivity index (χ2n) is 5.23. The van der Waals surface area contributed by atoms with Gasteiger partial charge in [-0.15, -0.1) is 0 Å². The van der Waals surface area contributed by atoms with E-state index < -0.39 is 0 Å². The van der Waals surface area contributed by atoms with Crippen molar-refractivity contribution in [2.75, 3.05) is 5.32 Å². The molecule has 0 bridgehead atoms. The van der Waals surface area contributed by atoms with E-state index in [0.717, 1.165) is 11.3 Å². The molecule has 4 rings (SSSR count). The molecule has 1 amide bonds. The van der Waals surface area contributed by atoms with Crippen LogP contribution in [0.2, 0.25) is 0 Å². The molecule has 0 atom stereocenters. The monoisotopic (exact) mass is 331 g/mol. The van der Waals surface area contributed by atoms with Crippen LogP contribution >= 0.6 is 0 Å². The second kappa shape index (κ2) is 6.36. The standard InChI is InChI=1S/C17H13N7O/c25-17(16-15(21-23-22-16)12-4-2-1-3-5-12)20-13-6-8-14(9-7-13)24-11-18-10-19-24/h1-11H,(H,20,25)(H,21,22,23). The fraction of sp³-hybridized carbons (Fsp3) is 0. The maximum absolute atomic E-state index is 12.5. The lowest BCUT2D eigenvalue weighted by Crippen LogP contribution is -2.13. The van der Waals surface area contributed by atoms with Crippen molar-refractivity contribution in [3.8, 4) is 16.9 Å². The summed E-state index contributed by atoms with van der Waals surface area (Å²) in [5.41, 5.74) is 3.07. The first-order valence-electron chi connectivity index (χ1n) is 7.54. The molecule has 122 valence electrons. The van der Waals surface area contributed by atoms with Gasteiger partial charge < -0.3 is 5.32 Å². The van der Waals surface area contributed by atoms with E-state index >= 15 is 0 Å². The third-order valence-corrected chi connectivity index (χ3v) is 3.62. The number of carbonyl (C=O) groups is 1. The Balaban J connectivity index is 1.54. The third kappa shape index (κ3) is 3.00. The maximum Gasteiger partial charge on any atom is 0.278 e. The van der Waals surface area contributed by atoms with E-state index in [2.05, 4.69) is 30.8 Å². The number of hydrogen-bond acceptors (Lipinski definition) is 5. The lowest BCUT2D eigenvalue weighted by molar-refractivity contribution is 0.102. The van der Waals surface area contributed by atoms with Gasteiger partial charge in [0.05, 0.1) is 5.69 Å². The fourth-order valence-corrected chi connectivity index (χ4v) is 2.42. The molecule has 8 heteroatoms. The van der Waals surface area contributed by atoms with Gasteiger partial charge >= 0.3 is 0 Å². The summed E-state index contributed by atoms with van der Waals surface area (Å²) in [6, 6.07) is 16.7. The zero-order chi connectivity index (χ0) is 17.1. The van der Waals surface area contributed by atoms with Crippen LogP contribution in [0.25, 0.3) is 16.9 Å². The number of amides is 1. The van der Waals surface area contributed by atoms with Crippen molar-refractivity contribution in [1.82, 2.24) is 30.2 Å². The highest BCUT2D eigenvalue weighted by Gasteiger charge is 2.17. The number of H-pyrrole nitrogens is 1. The highest BCUT2D eigenvalue weighted by molar-refractivity contribution is 6.06. The van der Waals surface area contributed by atoms with Crippen molar-refractivity contribution < 1.29 is 4.79 Å². The minimum absolute atomic E-state index is 0.242. The number of nitrogens with one attached hydrogen (secondary N) is 2. The van der Waals surface area contributed by atoms with Crippen LogP contribution in [0.15, 0.2) is 67.3 Å². The summed E-state index contributed by atoms with van der Waals surface area (Å²) in [5.74, 6) is -0.332. The maximum atomic E-state index is 12.5. The van der Waals surface area contributed by atoms with Gasteiger partial charge in [0.25, 0.3) is 5.91 Å². The van der Waals surface area contributed by atoms with Crippen LogP contribution in [0.1, 0.15) is 10.5 Å². The Morgan fingerprint density at radius 2 is 1.80 bits per heavy atom. The highest BCUT2D eigenvalue weighted by Crippen LogP contribution is 2.20. The molecule has 4 aromatic rings. The topological polar surface area (TPSA) is 101 Å². The van der Waals surface area contributed by atoms with Crippen LogP contribution in [0, 0.1) is 0 Å². The zero-order valence-electron chi connectivity index (χ0n) is 13.0. The number of aromatic amines is 1. The van der Waals surface area contributed by atoms with E-state index in [-0.39, 0.29) is 11.6 Å². The van der Waals surface area contributed by atoms with E-state index in [1.807, 2.05) is 42.5 Å². The Morgan fingerprint density at radius 3 is 2.52 bits per heavy atom. The van der Waals surface area contributed by atoms with E-state index in [1.54, 1.807) is 23.1 Å². The zero-order valence-corrected chi connectivity index (χ0v) is 13.0. The summed E-state index contributed by atoms with van der Waals surface area (Å²) in [6.45, 7) is 0. The molecule has 0 aliphatic rings. The Morgan fingerprint density at radius 1 is 1.00 bits per heavy atom. The van der Waals surface area contributed by atoms with E-state index in [9.17, 15) is 4.79 Å². The molecule has 0 aliphatic heterocycles. The van der Waals surface area contributed by atoms with Gasteiger partial charge in [-0.3, -0.25) is 4.79 Å². The Kier molecular flexibility index (Phi) is 3.76. The molecular formula is C17H13N7O. The van der Waals surface area contributed by atoms with Crippen LogP contribution < -0.4 is 5.32 Å². The number of hydrogen-bond donors (Lipinski definition) is 2. The summed E-state index contributed by atoms with van der Waals surface area (Å²) >= 11 is 0. The first-order valence-corrected chi connectivity index (χ1v) is 7.54. The molecule has 2 heterocycles. The molecule has 25 heavy (non-hydrogen) atoms. The number of nitrogens with zero attached hydrogens (tertiary/aromatic N) is 5. The predicted octanol–water partition coefficient (Wildman–Crippen LogP) is 2.30. The number of anilines is 1. The predicted molar refractivity (Wildman–Crippen MR) is 91.1 cm³/mol. The number of benzene rings is 2. The SMILES string of the molecule is O=C(Nc1ccc(-n2cncn2)cc1)c1n[nH]nc1-c1ccccc1. The number of carbonyl (C=O) groups excluding carboxylic acids is 1. The van der Waals surface area contributed by atoms with Gasteiger partial charge in [0.15, 0.2) is 5.69 Å². The van der Waals surface area contributed by atoms with E-state index in [4.69, 9.17) is 0 Å². The third-order valence-electron chi connectivity index (χ3n) is 3.62. The van der Waals surface area contributed by atoms with Gasteiger partial charge in [-0.05, 0) is 24.3 Å². The molecule has 0 spiro atoms. The van der Waals surface area contributed by atoms with Gasteiger partial charge in [0.1, 0.15) is 18.3 Å². The molecule has 2 N–H and O–H groups in total. The van der Waals surface area contributed by atoms with Crippen LogP contribution in [0.5, 0.6) is 0 Å². The summed E-state index contributed by atoms with van der Waals surface area (Å²) < 4.78 is 1.64. The molecule has 8 nitrogen and oxygen atoms in total. The first-order chi connectivity index (χ1) is 12.3. The van der Waals surface area contributed by atoms with Crippen molar-refractivity contribution in [2.24, 2.45) is 0 Å². The van der Waals surface area contributed by atoms with Gasteiger partial charge in [0, 0.05) is 11.3 Å². The second-order valence-corrected chi connectivity index (χ2v) is 5.23. The summed E-state index contributed by atoms with van der Waals surface area (Å²) in [7, 11) is 0. The van der Waals surface area contributed by atoms with E-state index in [0.29, 0.717) is 11.4 Å². The van der Waals surface area contributed by atoms with Crippen LogP contribution in [0.4, 0.5) is 5.69 Å². The summed E-state index contributed by atoms with van der Waals surface area (Å²) in [5, 5.41) is 17.4.